The van der Waals surface area contributed by atoms with Crippen LogP contribution in [0.3, 0.4) is 0 Å². The highest BCUT2D eigenvalue weighted by atomic mass is 127. The Morgan fingerprint density at radius 3 is 2.50 bits per heavy atom. The number of rotatable bonds is 11. The van der Waals surface area contributed by atoms with Gasteiger partial charge in [-0.3, -0.25) is 4.79 Å². The quantitative estimate of drug-likeness (QED) is 0.433. The van der Waals surface area contributed by atoms with Gasteiger partial charge in [-0.25, -0.2) is 8.78 Å². The van der Waals surface area contributed by atoms with Gasteiger partial charge in [-0.15, -0.1) is 0 Å². The summed E-state index contributed by atoms with van der Waals surface area (Å²) in [5.74, 6) is -1.84. The van der Waals surface area contributed by atoms with Gasteiger partial charge in [0.05, 0.1) is 18.3 Å². The number of carbonyl (C=O) groups excluding carboxylic acids is 1. The minimum absolute atomic E-state index is 0.000266. The number of primary amides is 1. The van der Waals surface area contributed by atoms with E-state index in [1.165, 1.54) is 12.1 Å². The van der Waals surface area contributed by atoms with Crippen LogP contribution >= 0.6 is 22.6 Å². The van der Waals surface area contributed by atoms with Crippen molar-refractivity contribution in [2.75, 3.05) is 26.2 Å². The van der Waals surface area contributed by atoms with E-state index in [2.05, 4.69) is 4.90 Å². The normalized spacial score (nSPS) is 12.2. The molecule has 2 aromatic carbocycles. The first kappa shape index (κ1) is 24.5. The Morgan fingerprint density at radius 1 is 1.20 bits per heavy atom. The number of halogens is 3. The first-order valence-corrected chi connectivity index (χ1v) is 10.9. The van der Waals surface area contributed by atoms with Gasteiger partial charge in [-0.2, -0.15) is 0 Å². The average Bonchev–Trinajstić information content (AvgIpc) is 2.67. The van der Waals surface area contributed by atoms with E-state index in [9.17, 15) is 18.7 Å². The van der Waals surface area contributed by atoms with Crippen LogP contribution in [0.25, 0.3) is 0 Å². The van der Waals surface area contributed by atoms with E-state index in [0.29, 0.717) is 18.5 Å². The standard InChI is InChI=1S/C22H27F2IN2O3/c1-3-27(4-2)13-18(28)7-8-30-20-11-16(23)10-15(21(20)22(26)29)9-14-5-6-17(25)12-19(14)24/h5-6,10-12,18,28H,3-4,7-9,13H2,1-2H3,(H2,26,29)/t18-/m1/s1. The molecule has 0 aliphatic heterocycles. The Balaban J connectivity index is 2.18. The van der Waals surface area contributed by atoms with E-state index >= 15 is 0 Å². The van der Waals surface area contributed by atoms with Gasteiger partial charge in [-0.05, 0) is 65.0 Å². The molecule has 0 aliphatic carbocycles. The minimum atomic E-state index is -0.783. The molecule has 0 spiro atoms. The molecule has 0 heterocycles. The highest BCUT2D eigenvalue weighted by molar-refractivity contribution is 14.1. The van der Waals surface area contributed by atoms with Gasteiger partial charge in [-0.1, -0.05) is 19.9 Å². The number of benzene rings is 2. The zero-order chi connectivity index (χ0) is 22.3. The monoisotopic (exact) mass is 532 g/mol. The fourth-order valence-corrected chi connectivity index (χ4v) is 3.67. The molecule has 0 fully saturated rings. The summed E-state index contributed by atoms with van der Waals surface area (Å²) in [6, 6.07) is 6.95. The van der Waals surface area contributed by atoms with Gasteiger partial charge in [0.15, 0.2) is 0 Å². The van der Waals surface area contributed by atoms with Crippen molar-refractivity contribution < 1.29 is 23.4 Å². The Bertz CT molecular complexity index is 876. The second-order valence-electron chi connectivity index (χ2n) is 6.99. The average molecular weight is 532 g/mol. The van der Waals surface area contributed by atoms with Crippen molar-refractivity contribution >= 4 is 28.5 Å². The van der Waals surface area contributed by atoms with Crippen molar-refractivity contribution in [3.8, 4) is 5.75 Å². The molecular formula is C22H27F2IN2O3. The van der Waals surface area contributed by atoms with Gasteiger partial charge in [0.2, 0.25) is 0 Å². The van der Waals surface area contributed by atoms with Gasteiger partial charge in [0.25, 0.3) is 5.91 Å². The maximum Gasteiger partial charge on any atom is 0.252 e. The van der Waals surface area contributed by atoms with Crippen LogP contribution in [-0.4, -0.2) is 48.3 Å². The third-order valence-electron chi connectivity index (χ3n) is 4.86. The molecule has 0 bridgehead atoms. The number of amides is 1. The summed E-state index contributed by atoms with van der Waals surface area (Å²) < 4.78 is 34.8. The summed E-state index contributed by atoms with van der Waals surface area (Å²) in [5, 5.41) is 10.2. The molecule has 0 saturated carbocycles. The number of ether oxygens (including phenoxy) is 1. The van der Waals surface area contributed by atoms with Crippen LogP contribution in [0, 0.1) is 15.2 Å². The van der Waals surface area contributed by atoms with Gasteiger partial charge in [0, 0.05) is 29.0 Å². The van der Waals surface area contributed by atoms with Crippen molar-refractivity contribution in [2.45, 2.75) is 32.8 Å². The van der Waals surface area contributed by atoms with Crippen LogP contribution in [-0.2, 0) is 6.42 Å². The SMILES string of the molecule is CCN(CC)C[C@H](O)CCOc1cc(F)cc(Cc2ccc(I)cc2F)c1C(N)=O. The Hall–Kier alpha value is -1.78. The maximum absolute atomic E-state index is 14.2. The number of aliphatic hydroxyl groups excluding tert-OH is 1. The van der Waals surface area contributed by atoms with Crippen molar-refractivity contribution in [3.63, 3.8) is 0 Å². The predicted octanol–water partition coefficient (Wildman–Crippen LogP) is 3.73. The molecule has 0 radical (unpaired) electrons. The molecular weight excluding hydrogens is 505 g/mol. The van der Waals surface area contributed by atoms with E-state index in [0.717, 1.165) is 22.7 Å². The second kappa shape index (κ2) is 11.6. The number of carbonyl (C=O) groups is 1. The molecule has 0 aromatic heterocycles. The summed E-state index contributed by atoms with van der Waals surface area (Å²) in [5.41, 5.74) is 6.12. The number of nitrogens with zero attached hydrogens (tertiary/aromatic N) is 1. The van der Waals surface area contributed by atoms with Crippen molar-refractivity contribution in [1.29, 1.82) is 0 Å². The molecule has 164 valence electrons. The van der Waals surface area contributed by atoms with Crippen LogP contribution in [0.15, 0.2) is 30.3 Å². The first-order valence-electron chi connectivity index (χ1n) is 9.84. The molecule has 0 saturated heterocycles. The van der Waals surface area contributed by atoms with E-state index < -0.39 is 23.6 Å². The predicted molar refractivity (Wildman–Crippen MR) is 121 cm³/mol. The van der Waals surface area contributed by atoms with Crippen LogP contribution < -0.4 is 10.5 Å². The number of likely N-dealkylation sites (N-methyl/N-ethyl adjacent to an activating group) is 1. The number of aliphatic hydroxyl groups is 1. The molecule has 1 amide bonds. The van der Waals surface area contributed by atoms with Crippen LogP contribution in [0.2, 0.25) is 0 Å². The number of hydrogen-bond donors (Lipinski definition) is 2. The minimum Gasteiger partial charge on any atom is -0.493 e. The molecule has 0 aliphatic rings. The van der Waals surface area contributed by atoms with Crippen molar-refractivity contribution in [3.05, 3.63) is 62.2 Å². The molecule has 8 heteroatoms. The largest absolute Gasteiger partial charge is 0.493 e. The third kappa shape index (κ3) is 6.88. The molecule has 2 rings (SSSR count). The van der Waals surface area contributed by atoms with Crippen LogP contribution in [0.1, 0.15) is 41.8 Å². The maximum atomic E-state index is 14.2. The van der Waals surface area contributed by atoms with E-state index in [4.69, 9.17) is 10.5 Å². The van der Waals surface area contributed by atoms with Crippen molar-refractivity contribution in [1.82, 2.24) is 4.90 Å². The Kier molecular flexibility index (Phi) is 9.44. The molecule has 3 N–H and O–H groups in total. The third-order valence-corrected chi connectivity index (χ3v) is 5.53. The summed E-state index contributed by atoms with van der Waals surface area (Å²) in [4.78, 5) is 14.2. The van der Waals surface area contributed by atoms with E-state index in [-0.39, 0.29) is 29.9 Å². The summed E-state index contributed by atoms with van der Waals surface area (Å²) in [6.45, 7) is 6.25. The fourth-order valence-electron chi connectivity index (χ4n) is 3.22. The fraction of sp³-hybridized carbons (Fsp3) is 0.409. The Labute approximate surface area is 189 Å². The molecule has 1 atom stereocenters. The van der Waals surface area contributed by atoms with Gasteiger partial charge in [0.1, 0.15) is 17.4 Å². The smallest absolute Gasteiger partial charge is 0.252 e. The van der Waals surface area contributed by atoms with Gasteiger partial charge >= 0.3 is 0 Å². The highest BCUT2D eigenvalue weighted by Gasteiger charge is 2.19. The highest BCUT2D eigenvalue weighted by Crippen LogP contribution is 2.27. The lowest BCUT2D eigenvalue weighted by atomic mass is 9.98. The lowest BCUT2D eigenvalue weighted by molar-refractivity contribution is 0.0941. The van der Waals surface area contributed by atoms with E-state index in [1.54, 1.807) is 12.1 Å². The van der Waals surface area contributed by atoms with Crippen LogP contribution in [0.4, 0.5) is 8.78 Å². The second-order valence-corrected chi connectivity index (χ2v) is 8.24. The number of hydrogen-bond acceptors (Lipinski definition) is 4. The zero-order valence-corrected chi connectivity index (χ0v) is 19.3. The van der Waals surface area contributed by atoms with Crippen LogP contribution in [0.5, 0.6) is 5.75 Å². The summed E-state index contributed by atoms with van der Waals surface area (Å²) >= 11 is 2.00. The molecule has 2 aromatic rings. The topological polar surface area (TPSA) is 75.8 Å². The van der Waals surface area contributed by atoms with E-state index in [1.807, 2.05) is 36.4 Å². The molecule has 5 nitrogen and oxygen atoms in total. The number of nitrogens with two attached hydrogens (primary N) is 1. The Morgan fingerprint density at radius 2 is 1.90 bits per heavy atom. The lowest BCUT2D eigenvalue weighted by Crippen LogP contribution is -2.33. The lowest BCUT2D eigenvalue weighted by Gasteiger charge is -2.22. The molecule has 30 heavy (non-hydrogen) atoms. The van der Waals surface area contributed by atoms with Gasteiger partial charge < -0.3 is 20.5 Å². The first-order chi connectivity index (χ1) is 14.2. The zero-order valence-electron chi connectivity index (χ0n) is 17.1. The van der Waals surface area contributed by atoms with Crippen molar-refractivity contribution in [2.24, 2.45) is 5.73 Å². The summed E-state index contributed by atoms with van der Waals surface area (Å²) in [7, 11) is 0. The summed E-state index contributed by atoms with van der Waals surface area (Å²) in [6.07, 6.45) is -0.303. The molecule has 0 unspecified atom stereocenters.